The first-order valence-electron chi connectivity index (χ1n) is 4.71. The molecule has 8 heteroatoms. The van der Waals surface area contributed by atoms with E-state index in [-0.39, 0.29) is 11.5 Å². The summed E-state index contributed by atoms with van der Waals surface area (Å²) in [5, 5.41) is 35.3. The van der Waals surface area contributed by atoms with Crippen LogP contribution >= 0.6 is 46.8 Å². The van der Waals surface area contributed by atoms with Gasteiger partial charge in [-0.05, 0) is 0 Å². The van der Waals surface area contributed by atoms with Crippen molar-refractivity contribution in [3.05, 3.63) is 0 Å². The van der Waals surface area contributed by atoms with Crippen LogP contribution in [0, 0.1) is 0 Å². The molecule has 4 atom stereocenters. The summed E-state index contributed by atoms with van der Waals surface area (Å²) in [7, 11) is 3.23. The molecule has 0 amide bonds. The second-order valence-corrected chi connectivity index (χ2v) is 6.49. The van der Waals surface area contributed by atoms with Crippen LogP contribution in [0.3, 0.4) is 0 Å². The van der Waals surface area contributed by atoms with Gasteiger partial charge < -0.3 is 20.4 Å². The van der Waals surface area contributed by atoms with Crippen molar-refractivity contribution >= 4 is 46.8 Å². The molecule has 1 rings (SSSR count). The standard InChI is InChI=1S/C4H8O2S2.C4H10O2S2/c5-3-1-7-8-2-4(3)6;5-3(1-7)4(6)2-8/h3-6H,1-2H2;3-8H,1-2H2. The Labute approximate surface area is 114 Å². The second kappa shape index (κ2) is 10.2. The van der Waals surface area contributed by atoms with Crippen LogP contribution in [0.2, 0.25) is 0 Å². The van der Waals surface area contributed by atoms with E-state index in [1.54, 1.807) is 21.6 Å². The van der Waals surface area contributed by atoms with E-state index in [0.29, 0.717) is 11.5 Å². The molecule has 1 heterocycles. The van der Waals surface area contributed by atoms with Crippen LogP contribution < -0.4 is 0 Å². The zero-order valence-corrected chi connectivity index (χ0v) is 12.1. The van der Waals surface area contributed by atoms with Crippen LogP contribution in [0.15, 0.2) is 0 Å². The lowest BCUT2D eigenvalue weighted by atomic mass is 10.3. The highest BCUT2D eigenvalue weighted by atomic mass is 33.1. The zero-order valence-electron chi connectivity index (χ0n) is 8.64. The molecule has 1 aliphatic rings. The van der Waals surface area contributed by atoms with Gasteiger partial charge in [-0.1, -0.05) is 21.6 Å². The van der Waals surface area contributed by atoms with Crippen molar-refractivity contribution in [3.8, 4) is 0 Å². The summed E-state index contributed by atoms with van der Waals surface area (Å²) in [6.07, 6.45) is -2.48. The Morgan fingerprint density at radius 2 is 1.25 bits per heavy atom. The molecule has 0 bridgehead atoms. The minimum Gasteiger partial charge on any atom is -0.390 e. The van der Waals surface area contributed by atoms with Gasteiger partial charge in [0.05, 0.1) is 24.4 Å². The van der Waals surface area contributed by atoms with Crippen LogP contribution in [0.25, 0.3) is 0 Å². The minimum absolute atomic E-state index is 0.279. The van der Waals surface area contributed by atoms with Gasteiger partial charge in [-0.3, -0.25) is 0 Å². The average molecular weight is 306 g/mol. The summed E-state index contributed by atoms with van der Waals surface area (Å²) in [5.74, 6) is 1.88. The van der Waals surface area contributed by atoms with Crippen molar-refractivity contribution in [1.82, 2.24) is 0 Å². The highest BCUT2D eigenvalue weighted by Crippen LogP contribution is 2.29. The van der Waals surface area contributed by atoms with Crippen LogP contribution in [0.5, 0.6) is 0 Å². The fourth-order valence-corrected chi connectivity index (χ4v) is 3.52. The highest BCUT2D eigenvalue weighted by molar-refractivity contribution is 8.76. The molecule has 4 nitrogen and oxygen atoms in total. The maximum Gasteiger partial charge on any atom is 0.0906 e. The molecule has 16 heavy (non-hydrogen) atoms. The van der Waals surface area contributed by atoms with Crippen LogP contribution in [0.4, 0.5) is 0 Å². The van der Waals surface area contributed by atoms with Crippen molar-refractivity contribution in [3.63, 3.8) is 0 Å². The quantitative estimate of drug-likeness (QED) is 0.317. The van der Waals surface area contributed by atoms with Crippen molar-refractivity contribution in [1.29, 1.82) is 0 Å². The van der Waals surface area contributed by atoms with E-state index in [2.05, 4.69) is 25.3 Å². The maximum absolute atomic E-state index is 8.89. The average Bonchev–Trinajstić information content (AvgIpc) is 2.31. The Balaban J connectivity index is 0.000000281. The third-order valence-corrected chi connectivity index (χ3v) is 5.01. The molecule has 0 aromatic rings. The summed E-state index contributed by atoms with van der Waals surface area (Å²) in [5.41, 5.74) is 0. The Kier molecular flexibility index (Phi) is 11.0. The number of aliphatic hydroxyl groups is 4. The summed E-state index contributed by atoms with van der Waals surface area (Å²) in [6.45, 7) is 0. The topological polar surface area (TPSA) is 80.9 Å². The lowest BCUT2D eigenvalue weighted by molar-refractivity contribution is 0.0493. The van der Waals surface area contributed by atoms with Crippen LogP contribution in [0.1, 0.15) is 0 Å². The van der Waals surface area contributed by atoms with Gasteiger partial charge in [0.1, 0.15) is 0 Å². The second-order valence-electron chi connectivity index (χ2n) is 3.20. The highest BCUT2D eigenvalue weighted by Gasteiger charge is 2.20. The number of thiol groups is 2. The summed E-state index contributed by atoms with van der Waals surface area (Å²) < 4.78 is 0. The predicted octanol–water partition coefficient (Wildman–Crippen LogP) is -0.329. The van der Waals surface area contributed by atoms with E-state index in [4.69, 9.17) is 20.4 Å². The van der Waals surface area contributed by atoms with Gasteiger partial charge in [-0.25, -0.2) is 0 Å². The first-order valence-corrected chi connectivity index (χ1v) is 8.46. The van der Waals surface area contributed by atoms with Gasteiger partial charge in [0.2, 0.25) is 0 Å². The zero-order chi connectivity index (χ0) is 12.6. The SMILES string of the molecule is OC(CS)C(O)CS.OC1CSSCC1O. The summed E-state index contributed by atoms with van der Waals surface area (Å²) in [4.78, 5) is 0. The predicted molar refractivity (Wildman–Crippen MR) is 76.6 cm³/mol. The van der Waals surface area contributed by atoms with Gasteiger partial charge in [-0.15, -0.1) is 0 Å². The fraction of sp³-hybridized carbons (Fsp3) is 1.00. The lowest BCUT2D eigenvalue weighted by Crippen LogP contribution is -2.32. The number of rotatable bonds is 3. The smallest absolute Gasteiger partial charge is 0.0906 e. The largest absolute Gasteiger partial charge is 0.390 e. The van der Waals surface area contributed by atoms with Gasteiger partial charge in [0.25, 0.3) is 0 Å². The monoisotopic (exact) mass is 306 g/mol. The Morgan fingerprint density at radius 1 is 0.938 bits per heavy atom. The molecule has 0 aromatic heterocycles. The van der Waals surface area contributed by atoms with Crippen LogP contribution in [-0.2, 0) is 0 Å². The number of aliphatic hydroxyl groups excluding tert-OH is 4. The maximum atomic E-state index is 8.89. The van der Waals surface area contributed by atoms with E-state index >= 15 is 0 Å². The first kappa shape index (κ1) is 17.2. The van der Waals surface area contributed by atoms with E-state index in [1.807, 2.05) is 0 Å². The van der Waals surface area contributed by atoms with Gasteiger partial charge in [-0.2, -0.15) is 25.3 Å². The van der Waals surface area contributed by atoms with Crippen molar-refractivity contribution in [2.45, 2.75) is 24.4 Å². The molecule has 0 aliphatic carbocycles. The van der Waals surface area contributed by atoms with Crippen molar-refractivity contribution < 1.29 is 20.4 Å². The summed E-state index contributed by atoms with van der Waals surface area (Å²) in [6, 6.07) is 0. The van der Waals surface area contributed by atoms with E-state index in [1.165, 1.54) is 0 Å². The molecule has 0 aromatic carbocycles. The molecule has 0 spiro atoms. The molecule has 98 valence electrons. The molecule has 0 radical (unpaired) electrons. The van der Waals surface area contributed by atoms with E-state index < -0.39 is 24.4 Å². The number of hydrogen-bond acceptors (Lipinski definition) is 8. The van der Waals surface area contributed by atoms with E-state index in [0.717, 1.165) is 0 Å². The number of hydrogen-bond donors (Lipinski definition) is 6. The fourth-order valence-electron chi connectivity index (χ4n) is 0.701. The molecule has 1 saturated heterocycles. The van der Waals surface area contributed by atoms with Gasteiger partial charge in [0.15, 0.2) is 0 Å². The molecular formula is C8H18O4S4. The van der Waals surface area contributed by atoms with Crippen molar-refractivity contribution in [2.75, 3.05) is 23.0 Å². The molecular weight excluding hydrogens is 288 g/mol. The first-order chi connectivity index (χ1) is 7.52. The minimum atomic E-state index is -0.740. The molecule has 4 unspecified atom stereocenters. The van der Waals surface area contributed by atoms with Gasteiger partial charge in [0, 0.05) is 23.0 Å². The van der Waals surface area contributed by atoms with Gasteiger partial charge >= 0.3 is 0 Å². The van der Waals surface area contributed by atoms with E-state index in [9.17, 15) is 0 Å². The molecule has 0 saturated carbocycles. The van der Waals surface area contributed by atoms with Crippen molar-refractivity contribution in [2.24, 2.45) is 0 Å². The molecule has 1 aliphatic heterocycles. The molecule has 1 fully saturated rings. The Hall–Kier alpha value is 1.24. The third-order valence-electron chi connectivity index (χ3n) is 1.82. The summed E-state index contributed by atoms with van der Waals surface area (Å²) >= 11 is 7.53. The Morgan fingerprint density at radius 3 is 1.44 bits per heavy atom. The Bertz CT molecular complexity index is 152. The lowest BCUT2D eigenvalue weighted by Gasteiger charge is -2.20. The third kappa shape index (κ3) is 7.54. The van der Waals surface area contributed by atoms with Crippen LogP contribution in [-0.4, -0.2) is 67.9 Å². The normalized spacial score (nSPS) is 28.9. The molecule has 4 N–H and O–H groups in total.